The van der Waals surface area contributed by atoms with Crippen molar-refractivity contribution < 1.29 is 4.74 Å². The second-order valence-electron chi connectivity index (χ2n) is 6.37. The lowest BCUT2D eigenvalue weighted by molar-refractivity contribution is 0.0363. The van der Waals surface area contributed by atoms with E-state index in [1.165, 1.54) is 58.3 Å². The minimum Gasteiger partial charge on any atom is -0.379 e. The molecule has 0 bridgehead atoms. The molecule has 120 valence electrons. The predicted octanol–water partition coefficient (Wildman–Crippen LogP) is 2.67. The Morgan fingerprint density at radius 1 is 0.800 bits per heavy atom. The number of fused-ring (bicyclic) bond motifs is 1. The van der Waals surface area contributed by atoms with Crippen LogP contribution in [0.15, 0.2) is 0 Å². The van der Waals surface area contributed by atoms with Crippen LogP contribution in [0.5, 0.6) is 0 Å². The van der Waals surface area contributed by atoms with E-state index in [4.69, 9.17) is 4.74 Å². The predicted molar refractivity (Wildman–Crippen MR) is 88.3 cm³/mol. The standard InChI is InChI=1S/C15H28N2O.2ClH/c1-2-5-15-13-17(12-14(15)4-1)7-3-6-16-8-10-18-11-9-16;;/h14-15H,1-13H2;2*1H. The first-order valence-electron chi connectivity index (χ1n) is 7.94. The van der Waals surface area contributed by atoms with Gasteiger partial charge in [-0.1, -0.05) is 12.8 Å². The third-order valence-electron chi connectivity index (χ3n) is 5.10. The Hall–Kier alpha value is 0.460. The molecule has 2 atom stereocenters. The maximum Gasteiger partial charge on any atom is 0.0594 e. The van der Waals surface area contributed by atoms with Crippen molar-refractivity contribution in [3.63, 3.8) is 0 Å². The summed E-state index contributed by atoms with van der Waals surface area (Å²) in [5.41, 5.74) is 0. The number of likely N-dealkylation sites (tertiary alicyclic amines) is 1. The van der Waals surface area contributed by atoms with E-state index in [-0.39, 0.29) is 24.8 Å². The number of halogens is 2. The fraction of sp³-hybridized carbons (Fsp3) is 1.00. The molecule has 0 spiro atoms. The van der Waals surface area contributed by atoms with Crippen molar-refractivity contribution in [2.24, 2.45) is 11.8 Å². The van der Waals surface area contributed by atoms with Gasteiger partial charge in [0.05, 0.1) is 13.2 Å². The van der Waals surface area contributed by atoms with Gasteiger partial charge in [-0.25, -0.2) is 0 Å². The summed E-state index contributed by atoms with van der Waals surface area (Å²) >= 11 is 0. The topological polar surface area (TPSA) is 15.7 Å². The van der Waals surface area contributed by atoms with E-state index in [0.29, 0.717) is 0 Å². The van der Waals surface area contributed by atoms with E-state index in [1.54, 1.807) is 0 Å². The largest absolute Gasteiger partial charge is 0.379 e. The zero-order valence-electron chi connectivity index (χ0n) is 12.5. The van der Waals surface area contributed by atoms with Crippen LogP contribution in [0, 0.1) is 11.8 Å². The molecular formula is C15H30Cl2N2O. The van der Waals surface area contributed by atoms with Gasteiger partial charge in [0.25, 0.3) is 0 Å². The normalized spacial score (nSPS) is 31.2. The lowest BCUT2D eigenvalue weighted by atomic mass is 9.82. The molecular weight excluding hydrogens is 295 g/mol. The molecule has 0 aromatic carbocycles. The molecule has 2 unspecified atom stereocenters. The van der Waals surface area contributed by atoms with Gasteiger partial charge >= 0.3 is 0 Å². The first-order valence-corrected chi connectivity index (χ1v) is 7.94. The van der Waals surface area contributed by atoms with Gasteiger partial charge in [0.1, 0.15) is 0 Å². The van der Waals surface area contributed by atoms with Crippen molar-refractivity contribution in [2.45, 2.75) is 32.1 Å². The summed E-state index contributed by atoms with van der Waals surface area (Å²) in [4.78, 5) is 5.30. The van der Waals surface area contributed by atoms with Gasteiger partial charge in [0.15, 0.2) is 0 Å². The highest BCUT2D eigenvalue weighted by atomic mass is 35.5. The molecule has 0 N–H and O–H groups in total. The molecule has 1 saturated carbocycles. The van der Waals surface area contributed by atoms with Gasteiger partial charge in [-0.2, -0.15) is 0 Å². The van der Waals surface area contributed by atoms with Crippen molar-refractivity contribution in [3.8, 4) is 0 Å². The van der Waals surface area contributed by atoms with E-state index in [0.717, 1.165) is 38.1 Å². The van der Waals surface area contributed by atoms with Crippen molar-refractivity contribution in [1.82, 2.24) is 9.80 Å². The first-order chi connectivity index (χ1) is 8.92. The molecule has 20 heavy (non-hydrogen) atoms. The highest BCUT2D eigenvalue weighted by Gasteiger charge is 2.33. The van der Waals surface area contributed by atoms with Gasteiger partial charge in [-0.15, -0.1) is 24.8 Å². The number of ether oxygens (including phenoxy) is 1. The van der Waals surface area contributed by atoms with Gasteiger partial charge in [-0.3, -0.25) is 4.90 Å². The molecule has 3 rings (SSSR count). The summed E-state index contributed by atoms with van der Waals surface area (Å²) in [5, 5.41) is 0. The molecule has 3 aliphatic rings. The molecule has 0 aromatic heterocycles. The number of nitrogens with zero attached hydrogens (tertiary/aromatic N) is 2. The molecule has 2 saturated heterocycles. The van der Waals surface area contributed by atoms with Gasteiger partial charge in [0.2, 0.25) is 0 Å². The van der Waals surface area contributed by atoms with Crippen LogP contribution in [0.4, 0.5) is 0 Å². The number of morpholine rings is 1. The molecule has 3 nitrogen and oxygen atoms in total. The third-order valence-corrected chi connectivity index (χ3v) is 5.10. The molecule has 0 aromatic rings. The number of rotatable bonds is 4. The van der Waals surface area contributed by atoms with E-state index in [9.17, 15) is 0 Å². The second kappa shape index (κ2) is 9.47. The third kappa shape index (κ3) is 5.03. The summed E-state index contributed by atoms with van der Waals surface area (Å²) in [6, 6.07) is 0. The van der Waals surface area contributed by atoms with Crippen LogP contribution >= 0.6 is 24.8 Å². The molecule has 2 heterocycles. The smallest absolute Gasteiger partial charge is 0.0594 e. The molecule has 0 radical (unpaired) electrons. The molecule has 0 amide bonds. The van der Waals surface area contributed by atoms with Gasteiger partial charge in [0, 0.05) is 26.2 Å². The van der Waals surface area contributed by atoms with E-state index in [2.05, 4.69) is 9.80 Å². The molecule has 3 fully saturated rings. The minimum absolute atomic E-state index is 0. The van der Waals surface area contributed by atoms with Crippen LogP contribution in [0.1, 0.15) is 32.1 Å². The molecule has 2 aliphatic heterocycles. The minimum atomic E-state index is 0. The van der Waals surface area contributed by atoms with Crippen molar-refractivity contribution >= 4 is 24.8 Å². The summed E-state index contributed by atoms with van der Waals surface area (Å²) in [7, 11) is 0. The highest BCUT2D eigenvalue weighted by molar-refractivity contribution is 5.85. The summed E-state index contributed by atoms with van der Waals surface area (Å²) in [5.74, 6) is 2.09. The zero-order valence-corrected chi connectivity index (χ0v) is 14.1. The fourth-order valence-corrected chi connectivity index (χ4v) is 4.03. The average Bonchev–Trinajstić information content (AvgIpc) is 2.82. The quantitative estimate of drug-likeness (QED) is 0.790. The Morgan fingerprint density at radius 3 is 1.95 bits per heavy atom. The second-order valence-corrected chi connectivity index (χ2v) is 6.37. The lowest BCUT2D eigenvalue weighted by Crippen LogP contribution is -2.38. The van der Waals surface area contributed by atoms with Gasteiger partial charge < -0.3 is 9.64 Å². The maximum atomic E-state index is 5.39. The van der Waals surface area contributed by atoms with Gasteiger partial charge in [-0.05, 0) is 44.2 Å². The van der Waals surface area contributed by atoms with Crippen molar-refractivity contribution in [3.05, 3.63) is 0 Å². The Morgan fingerprint density at radius 2 is 1.35 bits per heavy atom. The average molecular weight is 325 g/mol. The van der Waals surface area contributed by atoms with Crippen LogP contribution < -0.4 is 0 Å². The van der Waals surface area contributed by atoms with E-state index in [1.807, 2.05) is 0 Å². The summed E-state index contributed by atoms with van der Waals surface area (Å²) in [6.07, 6.45) is 7.33. The highest BCUT2D eigenvalue weighted by Crippen LogP contribution is 2.35. The van der Waals surface area contributed by atoms with Crippen LogP contribution in [-0.2, 0) is 4.74 Å². The van der Waals surface area contributed by atoms with Crippen molar-refractivity contribution in [1.29, 1.82) is 0 Å². The van der Waals surface area contributed by atoms with Crippen LogP contribution in [0.2, 0.25) is 0 Å². The van der Waals surface area contributed by atoms with Crippen molar-refractivity contribution in [2.75, 3.05) is 52.5 Å². The van der Waals surface area contributed by atoms with Crippen LogP contribution in [0.3, 0.4) is 0 Å². The Kier molecular flexibility index (Phi) is 8.77. The SMILES string of the molecule is C1CCC2CN(CCCN3CCOCC3)CC2C1.Cl.Cl. The maximum absolute atomic E-state index is 5.39. The lowest BCUT2D eigenvalue weighted by Gasteiger charge is -2.27. The molecule has 1 aliphatic carbocycles. The Balaban J connectivity index is 0.000001000. The first kappa shape index (κ1) is 18.5. The Labute approximate surface area is 136 Å². The zero-order chi connectivity index (χ0) is 12.2. The summed E-state index contributed by atoms with van der Waals surface area (Å²) in [6.45, 7) is 9.55. The summed E-state index contributed by atoms with van der Waals surface area (Å²) < 4.78 is 5.39. The van der Waals surface area contributed by atoms with E-state index < -0.39 is 0 Å². The van der Waals surface area contributed by atoms with Crippen LogP contribution in [-0.4, -0.2) is 62.3 Å². The molecule has 5 heteroatoms. The monoisotopic (exact) mass is 324 g/mol. The number of hydrogen-bond acceptors (Lipinski definition) is 3. The Bertz CT molecular complexity index is 248. The fourth-order valence-electron chi connectivity index (χ4n) is 4.03. The van der Waals surface area contributed by atoms with E-state index >= 15 is 0 Å². The number of hydrogen-bond donors (Lipinski definition) is 0. The van der Waals surface area contributed by atoms with Crippen LogP contribution in [0.25, 0.3) is 0 Å².